The van der Waals surface area contributed by atoms with Gasteiger partial charge in [-0.25, -0.2) is 9.97 Å². The first kappa shape index (κ1) is 49.3. The predicted octanol–water partition coefficient (Wildman–Crippen LogP) is 20.9. The van der Waals surface area contributed by atoms with Crippen molar-refractivity contribution < 1.29 is 4.42 Å². The molecule has 400 valence electrons. The van der Waals surface area contributed by atoms with Crippen LogP contribution < -0.4 is 9.80 Å². The van der Waals surface area contributed by atoms with Crippen molar-refractivity contribution in [1.82, 2.24) is 14.5 Å². The molecule has 0 N–H and O–H groups in total. The molecule has 0 saturated heterocycles. The summed E-state index contributed by atoms with van der Waals surface area (Å²) in [5.41, 5.74) is 25.8. The van der Waals surface area contributed by atoms with Gasteiger partial charge in [0.2, 0.25) is 5.89 Å². The third-order valence-electron chi connectivity index (χ3n) is 17.8. The molecule has 0 saturated carbocycles. The Morgan fingerprint density at radius 2 is 0.786 bits per heavy atom. The summed E-state index contributed by atoms with van der Waals surface area (Å²) in [5.74, 6) is 1.52. The average Bonchev–Trinajstić information content (AvgIpc) is 2.30. The quantitative estimate of drug-likeness (QED) is 0.137. The number of anilines is 6. The fourth-order valence-corrected chi connectivity index (χ4v) is 13.5. The van der Waals surface area contributed by atoms with E-state index in [0.29, 0.717) is 5.89 Å². The summed E-state index contributed by atoms with van der Waals surface area (Å²) >= 11 is 0. The topological polar surface area (TPSA) is 50.3 Å². The molecule has 2 aliphatic carbocycles. The van der Waals surface area contributed by atoms with Crippen LogP contribution in [-0.2, 0) is 10.8 Å². The molecule has 12 aromatic carbocycles. The second kappa shape index (κ2) is 19.0. The van der Waals surface area contributed by atoms with Gasteiger partial charge in [-0.05, 0) is 206 Å². The lowest BCUT2D eigenvalue weighted by atomic mass is 9.82. The predicted molar refractivity (Wildman–Crippen MR) is 347 cm³/mol. The minimum atomic E-state index is -0.156. The number of para-hydroxylation sites is 5. The molecule has 0 bridgehead atoms. The minimum absolute atomic E-state index is 0.147. The Morgan fingerprint density at radius 3 is 1.42 bits per heavy atom. The monoisotopic (exact) mass is 1080 g/mol. The number of benzene rings is 12. The van der Waals surface area contributed by atoms with Gasteiger partial charge in [0.05, 0.1) is 11.0 Å². The van der Waals surface area contributed by atoms with Gasteiger partial charge in [-0.3, -0.25) is 4.57 Å². The molecule has 0 fully saturated rings. The van der Waals surface area contributed by atoms with Gasteiger partial charge in [0.1, 0.15) is 11.3 Å². The first-order valence-electron chi connectivity index (χ1n) is 29.0. The molecule has 0 aliphatic heterocycles. The molecule has 6 heteroatoms. The molecule has 2 aliphatic rings. The second-order valence-corrected chi connectivity index (χ2v) is 23.4. The first-order chi connectivity index (χ1) is 41.1. The highest BCUT2D eigenvalue weighted by Crippen LogP contribution is 2.53. The van der Waals surface area contributed by atoms with E-state index in [1.165, 1.54) is 49.9 Å². The number of nitrogens with zero attached hydrogens (tertiary/aromatic N) is 5. The van der Waals surface area contributed by atoms with Crippen molar-refractivity contribution in [2.45, 2.75) is 38.5 Å². The van der Waals surface area contributed by atoms with Crippen molar-refractivity contribution in [2.24, 2.45) is 0 Å². The molecule has 0 radical (unpaired) electrons. The zero-order chi connectivity index (χ0) is 56.3. The lowest BCUT2D eigenvalue weighted by molar-refractivity contribution is 0.620. The molecule has 84 heavy (non-hydrogen) atoms. The molecule has 0 amide bonds. The molecule has 0 unspecified atom stereocenters. The maximum atomic E-state index is 6.20. The van der Waals surface area contributed by atoms with Gasteiger partial charge in [0, 0.05) is 61.8 Å². The van der Waals surface area contributed by atoms with Gasteiger partial charge in [-0.2, -0.15) is 0 Å². The summed E-state index contributed by atoms with van der Waals surface area (Å²) < 4.78 is 8.46. The number of oxazole rings is 1. The Balaban J connectivity index is 0.753. The van der Waals surface area contributed by atoms with Crippen molar-refractivity contribution >= 4 is 67.0 Å². The largest absolute Gasteiger partial charge is 0.436 e. The van der Waals surface area contributed by atoms with Crippen LogP contribution in [0.4, 0.5) is 34.1 Å². The molecule has 2 aromatic heterocycles. The summed E-state index contributed by atoms with van der Waals surface area (Å²) in [6.45, 7) is 9.39. The maximum absolute atomic E-state index is 6.20. The van der Waals surface area contributed by atoms with Crippen LogP contribution in [-0.4, -0.2) is 14.5 Å². The van der Waals surface area contributed by atoms with Crippen LogP contribution >= 0.6 is 0 Å². The van der Waals surface area contributed by atoms with Gasteiger partial charge in [0.15, 0.2) is 5.58 Å². The number of hydrogen-bond donors (Lipinski definition) is 0. The first-order valence-corrected chi connectivity index (χ1v) is 29.0. The number of rotatable bonds is 10. The van der Waals surface area contributed by atoms with Crippen LogP contribution in [0.2, 0.25) is 0 Å². The Labute approximate surface area is 488 Å². The van der Waals surface area contributed by atoms with E-state index in [2.05, 4.69) is 291 Å². The lowest BCUT2D eigenvalue weighted by Gasteiger charge is -2.28. The van der Waals surface area contributed by atoms with E-state index >= 15 is 0 Å². The highest BCUT2D eigenvalue weighted by atomic mass is 16.3. The van der Waals surface area contributed by atoms with Gasteiger partial charge in [-0.1, -0.05) is 161 Å². The SMILES string of the molecule is CC1(C)c2ccccc2-c2ccc(N(c3ccc(-c4ccc5cc(N(c6ccc(-c7nc8ccccc8n7-c7ccccc7)cc6)c6ccc7c(c6)C(C)(C)c6ccccc6-7)ccc5c4)cc3)c3ccc(-c4nc5ccccc5o4)cc3)cc21. The van der Waals surface area contributed by atoms with Crippen molar-refractivity contribution in [3.05, 3.63) is 295 Å². The third kappa shape index (κ3) is 7.93. The third-order valence-corrected chi connectivity index (χ3v) is 17.8. The fraction of sp³-hybridized carbons (Fsp3) is 0.0769. The number of hydrogen-bond acceptors (Lipinski definition) is 5. The minimum Gasteiger partial charge on any atom is -0.436 e. The van der Waals surface area contributed by atoms with Gasteiger partial charge in [0.25, 0.3) is 0 Å². The van der Waals surface area contributed by atoms with Crippen molar-refractivity contribution in [3.8, 4) is 61.9 Å². The molecule has 0 atom stereocenters. The van der Waals surface area contributed by atoms with Gasteiger partial charge < -0.3 is 14.2 Å². The van der Waals surface area contributed by atoms with E-state index in [9.17, 15) is 0 Å². The van der Waals surface area contributed by atoms with Crippen LogP contribution in [0.1, 0.15) is 49.9 Å². The molecule has 6 nitrogen and oxygen atoms in total. The smallest absolute Gasteiger partial charge is 0.227 e. The van der Waals surface area contributed by atoms with Crippen LogP contribution in [0.15, 0.2) is 277 Å². The zero-order valence-electron chi connectivity index (χ0n) is 47.1. The van der Waals surface area contributed by atoms with Crippen LogP contribution in [0.5, 0.6) is 0 Å². The molecule has 2 heterocycles. The van der Waals surface area contributed by atoms with E-state index in [1.54, 1.807) is 0 Å². The second-order valence-electron chi connectivity index (χ2n) is 23.4. The van der Waals surface area contributed by atoms with Crippen molar-refractivity contribution in [1.29, 1.82) is 0 Å². The van der Waals surface area contributed by atoms with Crippen molar-refractivity contribution in [3.63, 3.8) is 0 Å². The molecule has 14 aromatic rings. The summed E-state index contributed by atoms with van der Waals surface area (Å²) in [5, 5.41) is 2.33. The normalized spacial score (nSPS) is 13.4. The fourth-order valence-electron chi connectivity index (χ4n) is 13.5. The lowest BCUT2D eigenvalue weighted by Crippen LogP contribution is -2.16. The summed E-state index contributed by atoms with van der Waals surface area (Å²) in [6, 6.07) is 98.8. The van der Waals surface area contributed by atoms with Crippen molar-refractivity contribution in [2.75, 3.05) is 9.80 Å². The highest BCUT2D eigenvalue weighted by Gasteiger charge is 2.37. The van der Waals surface area contributed by atoms with Crippen LogP contribution in [0.3, 0.4) is 0 Å². The van der Waals surface area contributed by atoms with Crippen LogP contribution in [0.25, 0.3) is 94.8 Å². The molecule has 16 rings (SSSR count). The Morgan fingerprint density at radius 1 is 0.333 bits per heavy atom. The molecular weight excluding hydrogens is 1020 g/mol. The van der Waals surface area contributed by atoms with E-state index in [-0.39, 0.29) is 10.8 Å². The van der Waals surface area contributed by atoms with E-state index in [0.717, 1.165) is 95.4 Å². The summed E-state index contributed by atoms with van der Waals surface area (Å²) in [7, 11) is 0. The zero-order valence-corrected chi connectivity index (χ0v) is 47.1. The highest BCUT2D eigenvalue weighted by molar-refractivity contribution is 5.94. The number of imidazole rings is 1. The number of aromatic nitrogens is 3. The molecule has 0 spiro atoms. The summed E-state index contributed by atoms with van der Waals surface area (Å²) in [6.07, 6.45) is 0. The van der Waals surface area contributed by atoms with E-state index < -0.39 is 0 Å². The maximum Gasteiger partial charge on any atom is 0.227 e. The Hall–Kier alpha value is -10.6. The van der Waals surface area contributed by atoms with Gasteiger partial charge >= 0.3 is 0 Å². The van der Waals surface area contributed by atoms with E-state index in [1.807, 2.05) is 24.3 Å². The van der Waals surface area contributed by atoms with Crippen LogP contribution in [0, 0.1) is 0 Å². The number of fused-ring (bicyclic) bond motifs is 9. The summed E-state index contributed by atoms with van der Waals surface area (Å²) in [4.78, 5) is 14.8. The average molecular weight is 1080 g/mol. The van der Waals surface area contributed by atoms with Gasteiger partial charge in [-0.15, -0.1) is 0 Å². The Kier molecular flexibility index (Phi) is 11.2. The molecular formula is C78H57N5O. The Bertz CT molecular complexity index is 4860. The van der Waals surface area contributed by atoms with E-state index in [4.69, 9.17) is 14.4 Å². The standard InChI is InChI=1S/C78H57N5O/c1-77(2)67-20-10-8-18-63(67)65-44-42-61(48-69(65)77)81(58-39-32-52(33-40-58)76-80-72-23-13-15-25-74(72)84-76)57-35-28-50(29-36-57)53-26-27-55-47-60(41-34-54(55)46-53)82(62-43-45-66-64-19-9-11-21-68(64)78(3,4)70(66)49-62)59-37-30-51(31-38-59)75-79-71-22-12-14-24-73(71)83(75)56-16-6-5-7-17-56/h5-49H,1-4H3.